The Labute approximate surface area is 85.0 Å². The van der Waals surface area contributed by atoms with Crippen LogP contribution in [0.1, 0.15) is 12.0 Å². The highest BCUT2D eigenvalue weighted by Gasteiger charge is 2.02. The van der Waals surface area contributed by atoms with Crippen LogP contribution >= 0.6 is 0 Å². The van der Waals surface area contributed by atoms with E-state index in [1.165, 1.54) is 0 Å². The van der Waals surface area contributed by atoms with Crippen LogP contribution in [0.4, 0.5) is 0 Å². The Balaban J connectivity index is 2.73. The molecule has 76 valence electrons. The van der Waals surface area contributed by atoms with Gasteiger partial charge in [-0.3, -0.25) is 9.00 Å². The van der Waals surface area contributed by atoms with Crippen LogP contribution in [0.5, 0.6) is 0 Å². The molecule has 1 atom stereocenters. The number of carbonyl (C=O) groups excluding carboxylic acids is 1. The molecule has 0 saturated carbocycles. The molecular formula is C9H12N2O2S. The van der Waals surface area contributed by atoms with Gasteiger partial charge < -0.3 is 5.73 Å². The van der Waals surface area contributed by atoms with Crippen molar-refractivity contribution in [1.29, 1.82) is 0 Å². The average Bonchev–Trinajstić information content (AvgIpc) is 2.15. The van der Waals surface area contributed by atoms with Gasteiger partial charge in [0, 0.05) is 18.9 Å². The Morgan fingerprint density at radius 2 is 2.36 bits per heavy atom. The fourth-order valence-electron chi connectivity index (χ4n) is 1.03. The zero-order chi connectivity index (χ0) is 10.6. The number of aromatic nitrogens is 1. The van der Waals surface area contributed by atoms with Gasteiger partial charge in [0.1, 0.15) is 5.03 Å². The summed E-state index contributed by atoms with van der Waals surface area (Å²) in [6.45, 7) is 0. The second-order valence-electron chi connectivity index (χ2n) is 2.92. The van der Waals surface area contributed by atoms with E-state index in [2.05, 4.69) is 4.98 Å². The molecule has 0 aliphatic heterocycles. The van der Waals surface area contributed by atoms with Crippen LogP contribution in [0.2, 0.25) is 0 Å². The molecule has 1 amide bonds. The molecule has 14 heavy (non-hydrogen) atoms. The van der Waals surface area contributed by atoms with E-state index < -0.39 is 10.8 Å². The lowest BCUT2D eigenvalue weighted by atomic mass is 10.1. The van der Waals surface area contributed by atoms with E-state index in [0.717, 1.165) is 5.56 Å². The molecule has 1 aromatic heterocycles. The second-order valence-corrected chi connectivity index (χ2v) is 4.25. The van der Waals surface area contributed by atoms with Crippen molar-refractivity contribution in [2.24, 2.45) is 5.73 Å². The predicted octanol–water partition coefficient (Wildman–Crippen LogP) is 0.237. The minimum Gasteiger partial charge on any atom is -0.370 e. The number of hydrogen-bond donors (Lipinski definition) is 1. The van der Waals surface area contributed by atoms with E-state index >= 15 is 0 Å². The molecule has 4 nitrogen and oxygen atoms in total. The zero-order valence-corrected chi connectivity index (χ0v) is 8.71. The average molecular weight is 212 g/mol. The van der Waals surface area contributed by atoms with Crippen molar-refractivity contribution in [3.05, 3.63) is 23.9 Å². The minimum atomic E-state index is -1.08. The summed E-state index contributed by atoms with van der Waals surface area (Å²) in [6.07, 6.45) is 4.04. The third-order valence-corrected chi connectivity index (χ3v) is 2.57. The van der Waals surface area contributed by atoms with Crippen LogP contribution in [0.3, 0.4) is 0 Å². The maximum atomic E-state index is 11.1. The number of rotatable bonds is 4. The van der Waals surface area contributed by atoms with Gasteiger partial charge in [0.15, 0.2) is 0 Å². The fourth-order valence-corrected chi connectivity index (χ4v) is 1.56. The van der Waals surface area contributed by atoms with Crippen LogP contribution < -0.4 is 5.73 Å². The van der Waals surface area contributed by atoms with Gasteiger partial charge in [0.2, 0.25) is 5.91 Å². The first-order valence-electron chi connectivity index (χ1n) is 4.16. The van der Waals surface area contributed by atoms with Gasteiger partial charge in [-0.15, -0.1) is 0 Å². The minimum absolute atomic E-state index is 0.305. The molecular weight excluding hydrogens is 200 g/mol. The quantitative estimate of drug-likeness (QED) is 0.776. The summed E-state index contributed by atoms with van der Waals surface area (Å²) >= 11 is 0. The van der Waals surface area contributed by atoms with Gasteiger partial charge in [-0.2, -0.15) is 0 Å². The summed E-state index contributed by atoms with van der Waals surface area (Å²) in [7, 11) is -1.08. The van der Waals surface area contributed by atoms with E-state index in [-0.39, 0.29) is 5.91 Å². The van der Waals surface area contributed by atoms with E-state index in [1.807, 2.05) is 0 Å². The molecule has 1 heterocycles. The highest BCUT2D eigenvalue weighted by molar-refractivity contribution is 7.84. The van der Waals surface area contributed by atoms with Gasteiger partial charge in [-0.1, -0.05) is 0 Å². The monoisotopic (exact) mass is 212 g/mol. The molecule has 0 bridgehead atoms. The van der Waals surface area contributed by atoms with Gasteiger partial charge in [-0.25, -0.2) is 4.98 Å². The van der Waals surface area contributed by atoms with Crippen LogP contribution in [-0.4, -0.2) is 21.4 Å². The Bertz CT molecular complexity index is 366. The molecule has 1 aromatic rings. The second kappa shape index (κ2) is 4.85. The lowest BCUT2D eigenvalue weighted by molar-refractivity contribution is -0.117. The summed E-state index contributed by atoms with van der Waals surface area (Å²) in [6, 6.07) is 3.53. The van der Waals surface area contributed by atoms with E-state index in [0.29, 0.717) is 17.9 Å². The van der Waals surface area contributed by atoms with Crippen molar-refractivity contribution in [2.75, 3.05) is 6.26 Å². The third-order valence-electron chi connectivity index (χ3n) is 1.75. The number of amides is 1. The van der Waals surface area contributed by atoms with Crippen molar-refractivity contribution < 1.29 is 9.00 Å². The number of nitrogens with two attached hydrogens (primary N) is 1. The largest absolute Gasteiger partial charge is 0.370 e. The highest BCUT2D eigenvalue weighted by atomic mass is 32.2. The molecule has 0 saturated heterocycles. The fraction of sp³-hybridized carbons (Fsp3) is 0.333. The first kappa shape index (κ1) is 10.8. The maximum Gasteiger partial charge on any atom is 0.217 e. The molecule has 5 heteroatoms. The summed E-state index contributed by atoms with van der Waals surface area (Å²) < 4.78 is 11.1. The standard InChI is InChI=1S/C9H12N2O2S/c1-14(13)9-6-7(4-5-11-9)2-3-8(10)12/h4-6H,2-3H2,1H3,(H2,10,12)/t14-/m0/s1. The first-order valence-corrected chi connectivity index (χ1v) is 5.72. The number of aryl methyl sites for hydroxylation is 1. The SMILES string of the molecule is C[S@](=O)c1cc(CCC(N)=O)ccn1. The van der Waals surface area contributed by atoms with Crippen molar-refractivity contribution in [3.8, 4) is 0 Å². The van der Waals surface area contributed by atoms with Crippen LogP contribution in [-0.2, 0) is 22.0 Å². The van der Waals surface area contributed by atoms with Crippen LogP contribution in [0.25, 0.3) is 0 Å². The molecule has 0 radical (unpaired) electrons. The van der Waals surface area contributed by atoms with Crippen LogP contribution in [0, 0.1) is 0 Å². The number of pyridine rings is 1. The Hall–Kier alpha value is -1.23. The van der Waals surface area contributed by atoms with Crippen molar-refractivity contribution in [3.63, 3.8) is 0 Å². The van der Waals surface area contributed by atoms with Gasteiger partial charge in [-0.05, 0) is 24.1 Å². The van der Waals surface area contributed by atoms with Crippen LogP contribution in [0.15, 0.2) is 23.4 Å². The Morgan fingerprint density at radius 1 is 1.64 bits per heavy atom. The highest BCUT2D eigenvalue weighted by Crippen LogP contribution is 2.07. The lowest BCUT2D eigenvalue weighted by Gasteiger charge is -2.00. The molecule has 0 aliphatic carbocycles. The Morgan fingerprint density at radius 3 is 2.93 bits per heavy atom. The molecule has 0 spiro atoms. The van der Waals surface area contributed by atoms with Gasteiger partial charge in [0.05, 0.1) is 10.8 Å². The van der Waals surface area contributed by atoms with Gasteiger partial charge >= 0.3 is 0 Å². The number of nitrogens with zero attached hydrogens (tertiary/aromatic N) is 1. The molecule has 0 fully saturated rings. The zero-order valence-electron chi connectivity index (χ0n) is 7.90. The summed E-state index contributed by atoms with van der Waals surface area (Å²) in [4.78, 5) is 14.5. The normalized spacial score (nSPS) is 12.4. The number of primary amides is 1. The van der Waals surface area contributed by atoms with E-state index in [1.54, 1.807) is 24.6 Å². The van der Waals surface area contributed by atoms with Gasteiger partial charge in [0.25, 0.3) is 0 Å². The molecule has 0 aromatic carbocycles. The smallest absolute Gasteiger partial charge is 0.217 e. The topological polar surface area (TPSA) is 73.1 Å². The van der Waals surface area contributed by atoms with Crippen molar-refractivity contribution in [1.82, 2.24) is 4.98 Å². The number of hydrogen-bond acceptors (Lipinski definition) is 3. The molecule has 0 unspecified atom stereocenters. The molecule has 0 aliphatic rings. The Kier molecular flexibility index (Phi) is 3.76. The third kappa shape index (κ3) is 3.26. The molecule has 2 N–H and O–H groups in total. The first-order chi connectivity index (χ1) is 6.59. The summed E-state index contributed by atoms with van der Waals surface area (Å²) in [5, 5.41) is 0.534. The lowest BCUT2D eigenvalue weighted by Crippen LogP contribution is -2.11. The number of carbonyl (C=O) groups is 1. The molecule has 1 rings (SSSR count). The van der Waals surface area contributed by atoms with E-state index in [4.69, 9.17) is 5.73 Å². The van der Waals surface area contributed by atoms with Crippen molar-refractivity contribution in [2.45, 2.75) is 17.9 Å². The van der Waals surface area contributed by atoms with E-state index in [9.17, 15) is 9.00 Å². The maximum absolute atomic E-state index is 11.1. The summed E-state index contributed by atoms with van der Waals surface area (Å²) in [5.74, 6) is -0.332. The predicted molar refractivity (Wildman–Crippen MR) is 54.1 cm³/mol. The van der Waals surface area contributed by atoms with Crippen molar-refractivity contribution >= 4 is 16.7 Å². The summed E-state index contributed by atoms with van der Waals surface area (Å²) in [5.41, 5.74) is 5.96.